The Labute approximate surface area is 104 Å². The largest absolute Gasteiger partial charge is 0.280 e. The fraction of sp³-hybridized carbons (Fsp3) is 0.0714. The van der Waals surface area contributed by atoms with Crippen LogP contribution in [0.2, 0.25) is 0 Å². The SMILES string of the molecule is O=C(Cl)C(c1ccccc1)c1ccc(F)cc1. The molecule has 0 aliphatic rings. The van der Waals surface area contributed by atoms with E-state index in [1.807, 2.05) is 30.3 Å². The monoisotopic (exact) mass is 248 g/mol. The Morgan fingerprint density at radius 3 is 2.00 bits per heavy atom. The Balaban J connectivity index is 2.43. The van der Waals surface area contributed by atoms with Gasteiger partial charge in [0.25, 0.3) is 0 Å². The lowest BCUT2D eigenvalue weighted by Gasteiger charge is -2.13. The van der Waals surface area contributed by atoms with Crippen LogP contribution < -0.4 is 0 Å². The molecular formula is C14H10ClFO. The van der Waals surface area contributed by atoms with E-state index in [2.05, 4.69) is 0 Å². The number of rotatable bonds is 3. The molecule has 0 radical (unpaired) electrons. The van der Waals surface area contributed by atoms with E-state index < -0.39 is 11.2 Å². The van der Waals surface area contributed by atoms with Crippen LogP contribution in [0.1, 0.15) is 17.0 Å². The van der Waals surface area contributed by atoms with Gasteiger partial charge in [0.2, 0.25) is 5.24 Å². The highest BCUT2D eigenvalue weighted by Crippen LogP contribution is 2.27. The van der Waals surface area contributed by atoms with E-state index in [1.165, 1.54) is 12.1 Å². The van der Waals surface area contributed by atoms with Gasteiger partial charge in [-0.2, -0.15) is 0 Å². The third kappa shape index (κ3) is 2.71. The molecule has 1 unspecified atom stereocenters. The summed E-state index contributed by atoms with van der Waals surface area (Å²) in [5, 5.41) is -0.470. The zero-order valence-corrected chi connectivity index (χ0v) is 9.69. The summed E-state index contributed by atoms with van der Waals surface area (Å²) < 4.78 is 12.8. The number of hydrogen-bond donors (Lipinski definition) is 0. The van der Waals surface area contributed by atoms with E-state index in [0.717, 1.165) is 5.56 Å². The molecular weight excluding hydrogens is 239 g/mol. The first-order valence-electron chi connectivity index (χ1n) is 5.18. The minimum atomic E-state index is -0.543. The first-order valence-corrected chi connectivity index (χ1v) is 5.56. The lowest BCUT2D eigenvalue weighted by Crippen LogP contribution is -2.08. The van der Waals surface area contributed by atoms with Crippen molar-refractivity contribution in [3.8, 4) is 0 Å². The number of halogens is 2. The summed E-state index contributed by atoms with van der Waals surface area (Å²) in [5.74, 6) is -0.874. The maximum atomic E-state index is 12.8. The van der Waals surface area contributed by atoms with Crippen molar-refractivity contribution in [2.24, 2.45) is 0 Å². The van der Waals surface area contributed by atoms with Gasteiger partial charge >= 0.3 is 0 Å². The zero-order chi connectivity index (χ0) is 12.3. The summed E-state index contributed by atoms with van der Waals surface area (Å²) in [6, 6.07) is 15.0. The molecule has 0 spiro atoms. The standard InChI is InChI=1S/C14H10ClFO/c15-14(17)13(10-4-2-1-3-5-10)11-6-8-12(16)9-7-11/h1-9,13H. The molecule has 1 nitrogen and oxygen atoms in total. The molecule has 0 aliphatic heterocycles. The Morgan fingerprint density at radius 2 is 1.47 bits per heavy atom. The molecule has 0 fully saturated rings. The molecule has 0 amide bonds. The van der Waals surface area contributed by atoms with Crippen LogP contribution in [0.5, 0.6) is 0 Å². The Hall–Kier alpha value is -1.67. The van der Waals surface area contributed by atoms with Crippen LogP contribution in [-0.4, -0.2) is 5.24 Å². The van der Waals surface area contributed by atoms with Gasteiger partial charge in [-0.1, -0.05) is 42.5 Å². The second kappa shape index (κ2) is 5.11. The van der Waals surface area contributed by atoms with Crippen molar-refractivity contribution in [2.75, 3.05) is 0 Å². The number of carbonyl (C=O) groups excluding carboxylic acids is 1. The van der Waals surface area contributed by atoms with E-state index in [4.69, 9.17) is 11.6 Å². The maximum absolute atomic E-state index is 12.8. The van der Waals surface area contributed by atoms with Crippen molar-refractivity contribution < 1.29 is 9.18 Å². The van der Waals surface area contributed by atoms with Gasteiger partial charge in [-0.25, -0.2) is 4.39 Å². The third-order valence-electron chi connectivity index (χ3n) is 2.56. The van der Waals surface area contributed by atoms with E-state index in [0.29, 0.717) is 5.56 Å². The highest BCUT2D eigenvalue weighted by Gasteiger charge is 2.20. The van der Waals surface area contributed by atoms with Gasteiger partial charge in [-0.3, -0.25) is 4.79 Å². The van der Waals surface area contributed by atoms with Crippen LogP contribution >= 0.6 is 11.6 Å². The lowest BCUT2D eigenvalue weighted by atomic mass is 9.92. The smallest absolute Gasteiger partial charge is 0.233 e. The molecule has 3 heteroatoms. The average Bonchev–Trinajstić information content (AvgIpc) is 2.33. The Bertz CT molecular complexity index is 508. The zero-order valence-electron chi connectivity index (χ0n) is 8.94. The highest BCUT2D eigenvalue weighted by atomic mass is 35.5. The second-order valence-corrected chi connectivity index (χ2v) is 4.07. The molecule has 0 aliphatic carbocycles. The van der Waals surface area contributed by atoms with Crippen molar-refractivity contribution in [3.05, 3.63) is 71.5 Å². The van der Waals surface area contributed by atoms with Crippen molar-refractivity contribution >= 4 is 16.8 Å². The molecule has 0 saturated carbocycles. The average molecular weight is 249 g/mol. The molecule has 0 bridgehead atoms. The fourth-order valence-corrected chi connectivity index (χ4v) is 2.01. The molecule has 0 heterocycles. The summed E-state index contributed by atoms with van der Waals surface area (Å²) >= 11 is 5.62. The minimum Gasteiger partial charge on any atom is -0.280 e. The molecule has 2 aromatic rings. The van der Waals surface area contributed by atoms with E-state index in [1.54, 1.807) is 12.1 Å². The van der Waals surface area contributed by atoms with Crippen molar-refractivity contribution in [1.29, 1.82) is 0 Å². The van der Waals surface area contributed by atoms with E-state index in [-0.39, 0.29) is 5.82 Å². The molecule has 2 aromatic carbocycles. The first-order chi connectivity index (χ1) is 8.18. The second-order valence-electron chi connectivity index (χ2n) is 3.70. The van der Waals surface area contributed by atoms with Crippen LogP contribution in [0.25, 0.3) is 0 Å². The quantitative estimate of drug-likeness (QED) is 0.757. The topological polar surface area (TPSA) is 17.1 Å². The fourth-order valence-electron chi connectivity index (χ4n) is 1.76. The van der Waals surface area contributed by atoms with Crippen LogP contribution in [0, 0.1) is 5.82 Å². The summed E-state index contributed by atoms with van der Waals surface area (Å²) in [4.78, 5) is 11.5. The normalized spacial score (nSPS) is 12.1. The predicted molar refractivity (Wildman–Crippen MR) is 65.5 cm³/mol. The van der Waals surface area contributed by atoms with Gasteiger partial charge in [0.1, 0.15) is 5.82 Å². The number of carbonyl (C=O) groups is 1. The van der Waals surface area contributed by atoms with Gasteiger partial charge in [-0.05, 0) is 34.9 Å². The Kier molecular flexibility index (Phi) is 3.55. The van der Waals surface area contributed by atoms with Crippen LogP contribution in [0.15, 0.2) is 54.6 Å². The molecule has 2 rings (SSSR count). The summed E-state index contributed by atoms with van der Waals surface area (Å²) in [6.07, 6.45) is 0. The van der Waals surface area contributed by atoms with Crippen molar-refractivity contribution in [3.63, 3.8) is 0 Å². The minimum absolute atomic E-state index is 0.331. The molecule has 1 atom stereocenters. The predicted octanol–water partition coefficient (Wildman–Crippen LogP) is 3.72. The summed E-state index contributed by atoms with van der Waals surface area (Å²) in [6.45, 7) is 0. The Morgan fingerprint density at radius 1 is 0.941 bits per heavy atom. The van der Waals surface area contributed by atoms with Gasteiger partial charge in [-0.15, -0.1) is 0 Å². The van der Waals surface area contributed by atoms with Gasteiger partial charge in [0, 0.05) is 0 Å². The van der Waals surface area contributed by atoms with Crippen LogP contribution in [0.4, 0.5) is 4.39 Å². The molecule has 0 aromatic heterocycles. The maximum Gasteiger partial charge on any atom is 0.233 e. The van der Waals surface area contributed by atoms with Gasteiger partial charge in [0.05, 0.1) is 5.92 Å². The molecule has 0 N–H and O–H groups in total. The lowest BCUT2D eigenvalue weighted by molar-refractivity contribution is -0.112. The van der Waals surface area contributed by atoms with Crippen LogP contribution in [0.3, 0.4) is 0 Å². The van der Waals surface area contributed by atoms with Crippen LogP contribution in [-0.2, 0) is 4.79 Å². The van der Waals surface area contributed by atoms with Gasteiger partial charge < -0.3 is 0 Å². The summed E-state index contributed by atoms with van der Waals surface area (Å²) in [7, 11) is 0. The molecule has 17 heavy (non-hydrogen) atoms. The van der Waals surface area contributed by atoms with E-state index >= 15 is 0 Å². The van der Waals surface area contributed by atoms with Gasteiger partial charge in [0.15, 0.2) is 0 Å². The molecule has 0 saturated heterocycles. The van der Waals surface area contributed by atoms with E-state index in [9.17, 15) is 9.18 Å². The number of benzene rings is 2. The van der Waals surface area contributed by atoms with Crippen molar-refractivity contribution in [2.45, 2.75) is 5.92 Å². The third-order valence-corrected chi connectivity index (χ3v) is 2.78. The summed E-state index contributed by atoms with van der Waals surface area (Å²) in [5.41, 5.74) is 1.50. The number of hydrogen-bond acceptors (Lipinski definition) is 1. The first kappa shape index (κ1) is 11.8. The highest BCUT2D eigenvalue weighted by molar-refractivity contribution is 6.65. The molecule has 86 valence electrons. The van der Waals surface area contributed by atoms with Crippen molar-refractivity contribution in [1.82, 2.24) is 0 Å².